The molecule has 0 saturated carbocycles. The molecule has 2 aromatic heterocycles. The first-order valence-corrected chi connectivity index (χ1v) is 5.79. The van der Waals surface area contributed by atoms with Crippen molar-refractivity contribution in [2.75, 3.05) is 0 Å². The first kappa shape index (κ1) is 12.3. The van der Waals surface area contributed by atoms with Crippen molar-refractivity contribution in [1.29, 1.82) is 0 Å². The highest BCUT2D eigenvalue weighted by atomic mass is 16.4. The van der Waals surface area contributed by atoms with Crippen LogP contribution in [-0.2, 0) is 4.79 Å². The summed E-state index contributed by atoms with van der Waals surface area (Å²) in [4.78, 5) is 22.7. The molecule has 1 unspecified atom stereocenters. The van der Waals surface area contributed by atoms with E-state index in [0.29, 0.717) is 11.5 Å². The molecule has 1 atom stereocenters. The lowest BCUT2D eigenvalue weighted by Gasteiger charge is -2.14. The first-order chi connectivity index (χ1) is 8.59. The second-order valence-corrected chi connectivity index (χ2v) is 4.44. The van der Waals surface area contributed by atoms with Crippen LogP contribution in [0.4, 0.5) is 0 Å². The number of hydrogen-bond acceptors (Lipinski definition) is 3. The van der Waals surface area contributed by atoms with Gasteiger partial charge in [-0.2, -0.15) is 0 Å². The van der Waals surface area contributed by atoms with E-state index in [2.05, 4.69) is 15.0 Å². The first-order valence-electron chi connectivity index (χ1n) is 5.79. The van der Waals surface area contributed by atoms with Gasteiger partial charge < -0.3 is 10.1 Å². The minimum atomic E-state index is -0.895. The maximum absolute atomic E-state index is 11.3. The van der Waals surface area contributed by atoms with Crippen molar-refractivity contribution < 1.29 is 9.90 Å². The maximum atomic E-state index is 11.3. The van der Waals surface area contributed by atoms with E-state index in [9.17, 15) is 9.90 Å². The van der Waals surface area contributed by atoms with Crippen LogP contribution in [0.5, 0.6) is 0 Å². The Morgan fingerprint density at radius 3 is 2.72 bits per heavy atom. The predicted molar refractivity (Wildman–Crippen MR) is 67.0 cm³/mol. The van der Waals surface area contributed by atoms with Crippen LogP contribution >= 0.6 is 0 Å². The lowest BCUT2D eigenvalue weighted by Crippen LogP contribution is -2.20. The quantitative estimate of drug-likeness (QED) is 0.866. The Morgan fingerprint density at radius 1 is 1.39 bits per heavy atom. The van der Waals surface area contributed by atoms with Gasteiger partial charge in [0.05, 0.1) is 11.4 Å². The van der Waals surface area contributed by atoms with Crippen LogP contribution in [0.25, 0.3) is 11.4 Å². The van der Waals surface area contributed by atoms with E-state index in [4.69, 9.17) is 0 Å². The third kappa shape index (κ3) is 2.40. The minimum Gasteiger partial charge on any atom is -0.481 e. The topological polar surface area (TPSA) is 78.9 Å². The fraction of sp³-hybridized carbons (Fsp3) is 0.308. The zero-order valence-electron chi connectivity index (χ0n) is 10.3. The van der Waals surface area contributed by atoms with Crippen molar-refractivity contribution in [3.8, 4) is 11.4 Å². The highest BCUT2D eigenvalue weighted by Crippen LogP contribution is 2.23. The molecule has 2 heterocycles. The van der Waals surface area contributed by atoms with Crippen LogP contribution in [0.3, 0.4) is 0 Å². The third-order valence-corrected chi connectivity index (χ3v) is 2.76. The van der Waals surface area contributed by atoms with Crippen molar-refractivity contribution in [3.63, 3.8) is 0 Å². The van der Waals surface area contributed by atoms with Crippen LogP contribution < -0.4 is 0 Å². The summed E-state index contributed by atoms with van der Waals surface area (Å²) in [5.41, 5.74) is 1.56. The molecule has 5 nitrogen and oxygen atoms in total. The molecule has 0 bridgehead atoms. The molecule has 0 radical (unpaired) electrons. The summed E-state index contributed by atoms with van der Waals surface area (Å²) in [6.45, 7) is 3.70. The summed E-state index contributed by atoms with van der Waals surface area (Å²) in [5, 5.41) is 9.23. The summed E-state index contributed by atoms with van der Waals surface area (Å²) in [5.74, 6) is -1.28. The smallest absolute Gasteiger partial charge is 0.314 e. The van der Waals surface area contributed by atoms with Crippen molar-refractivity contribution in [1.82, 2.24) is 15.0 Å². The number of aromatic amines is 1. The SMILES string of the molecule is CC(C)C(C(=O)O)c1nccc(-c2ccc[nH]2)n1. The molecule has 0 aliphatic heterocycles. The molecule has 0 saturated heterocycles. The van der Waals surface area contributed by atoms with E-state index in [1.165, 1.54) is 0 Å². The minimum absolute atomic E-state index is 0.0543. The van der Waals surface area contributed by atoms with E-state index in [1.54, 1.807) is 18.5 Å². The molecule has 2 rings (SSSR count). The third-order valence-electron chi connectivity index (χ3n) is 2.76. The fourth-order valence-corrected chi connectivity index (χ4v) is 1.86. The summed E-state index contributed by atoms with van der Waals surface area (Å²) in [6.07, 6.45) is 3.39. The van der Waals surface area contributed by atoms with E-state index in [1.807, 2.05) is 26.0 Å². The van der Waals surface area contributed by atoms with Crippen molar-refractivity contribution in [3.05, 3.63) is 36.4 Å². The summed E-state index contributed by atoms with van der Waals surface area (Å²) >= 11 is 0. The highest BCUT2D eigenvalue weighted by molar-refractivity contribution is 5.75. The average molecular weight is 245 g/mol. The molecule has 0 aromatic carbocycles. The van der Waals surface area contributed by atoms with Crippen molar-refractivity contribution in [2.24, 2.45) is 5.92 Å². The Hall–Kier alpha value is -2.17. The van der Waals surface area contributed by atoms with Gasteiger partial charge in [-0.15, -0.1) is 0 Å². The standard InChI is InChI=1S/C13H15N3O2/c1-8(2)11(13(17)18)12-15-7-5-10(16-12)9-4-3-6-14-9/h3-8,11,14H,1-2H3,(H,17,18). The fourth-order valence-electron chi connectivity index (χ4n) is 1.86. The molecule has 0 fully saturated rings. The van der Waals surface area contributed by atoms with Crippen molar-refractivity contribution >= 4 is 5.97 Å². The average Bonchev–Trinajstić information content (AvgIpc) is 2.81. The molecule has 0 aliphatic rings. The van der Waals surface area contributed by atoms with Crippen LogP contribution in [-0.4, -0.2) is 26.0 Å². The predicted octanol–water partition coefficient (Wildman–Crippen LogP) is 2.30. The zero-order valence-corrected chi connectivity index (χ0v) is 10.3. The number of hydrogen-bond donors (Lipinski definition) is 2. The monoisotopic (exact) mass is 245 g/mol. The molecule has 94 valence electrons. The van der Waals surface area contributed by atoms with Crippen molar-refractivity contribution in [2.45, 2.75) is 19.8 Å². The number of aromatic nitrogens is 3. The normalized spacial score (nSPS) is 12.6. The molecule has 2 aromatic rings. The van der Waals surface area contributed by atoms with Gasteiger partial charge in [0.2, 0.25) is 0 Å². The number of nitrogens with zero attached hydrogens (tertiary/aromatic N) is 2. The molecule has 5 heteroatoms. The van der Waals surface area contributed by atoms with Gasteiger partial charge in [-0.05, 0) is 24.1 Å². The number of carbonyl (C=O) groups is 1. The van der Waals surface area contributed by atoms with Gasteiger partial charge in [-0.25, -0.2) is 9.97 Å². The number of aliphatic carboxylic acids is 1. The number of rotatable bonds is 4. The molecule has 0 spiro atoms. The van der Waals surface area contributed by atoms with E-state index in [0.717, 1.165) is 5.69 Å². The van der Waals surface area contributed by atoms with Crippen LogP contribution in [0.2, 0.25) is 0 Å². The number of H-pyrrole nitrogens is 1. The molecule has 0 aliphatic carbocycles. The molecular formula is C13H15N3O2. The van der Waals surface area contributed by atoms with Gasteiger partial charge in [-0.1, -0.05) is 13.8 Å². The lowest BCUT2D eigenvalue weighted by molar-refractivity contribution is -0.140. The van der Waals surface area contributed by atoms with Gasteiger partial charge >= 0.3 is 5.97 Å². The zero-order chi connectivity index (χ0) is 13.1. The number of carboxylic acid groups (broad SMARTS) is 1. The van der Waals surface area contributed by atoms with Crippen LogP contribution in [0.15, 0.2) is 30.6 Å². The lowest BCUT2D eigenvalue weighted by atomic mass is 9.95. The van der Waals surface area contributed by atoms with E-state index >= 15 is 0 Å². The van der Waals surface area contributed by atoms with Gasteiger partial charge in [0.1, 0.15) is 11.7 Å². The van der Waals surface area contributed by atoms with Gasteiger partial charge in [0.15, 0.2) is 0 Å². The Balaban J connectivity index is 2.40. The van der Waals surface area contributed by atoms with E-state index in [-0.39, 0.29) is 5.92 Å². The Labute approximate surface area is 105 Å². The van der Waals surface area contributed by atoms with Gasteiger partial charge in [0.25, 0.3) is 0 Å². The van der Waals surface area contributed by atoms with E-state index < -0.39 is 11.9 Å². The number of carboxylic acids is 1. The summed E-state index contributed by atoms with van der Waals surface area (Å²) in [6, 6.07) is 5.51. The molecule has 2 N–H and O–H groups in total. The molecule has 18 heavy (non-hydrogen) atoms. The Bertz CT molecular complexity index is 535. The van der Waals surface area contributed by atoms with Crippen LogP contribution in [0, 0.1) is 5.92 Å². The Kier molecular flexibility index (Phi) is 3.41. The summed E-state index contributed by atoms with van der Waals surface area (Å²) < 4.78 is 0. The number of nitrogens with one attached hydrogen (secondary N) is 1. The summed E-state index contributed by atoms with van der Waals surface area (Å²) in [7, 11) is 0. The second-order valence-electron chi connectivity index (χ2n) is 4.44. The maximum Gasteiger partial charge on any atom is 0.314 e. The molecular weight excluding hydrogens is 230 g/mol. The highest BCUT2D eigenvalue weighted by Gasteiger charge is 2.26. The van der Waals surface area contributed by atoms with Gasteiger partial charge in [0, 0.05) is 12.4 Å². The second kappa shape index (κ2) is 5.00. The molecule has 0 amide bonds. The van der Waals surface area contributed by atoms with Gasteiger partial charge in [-0.3, -0.25) is 4.79 Å². The van der Waals surface area contributed by atoms with Crippen LogP contribution in [0.1, 0.15) is 25.6 Å². The largest absolute Gasteiger partial charge is 0.481 e. The Morgan fingerprint density at radius 2 is 2.17 bits per heavy atom.